The topological polar surface area (TPSA) is 0 Å². The van der Waals surface area contributed by atoms with Crippen molar-refractivity contribution in [3.05, 3.63) is 0 Å². The fourth-order valence-corrected chi connectivity index (χ4v) is 0. The van der Waals surface area contributed by atoms with E-state index in [0.717, 1.165) is 0 Å². The molecule has 0 spiro atoms. The van der Waals surface area contributed by atoms with Crippen LogP contribution in [-0.2, 0) is 74.6 Å². The third kappa shape index (κ3) is 39.5. The Morgan fingerprint density at radius 2 is 0.429 bits per heavy atom. The molecule has 0 heterocycles. The van der Waals surface area contributed by atoms with Crippen LogP contribution in [0.25, 0.3) is 0 Å². The first-order chi connectivity index (χ1) is 0. The minimum absolute atomic E-state index is 0. The molecule has 0 unspecified atom stereocenters. The van der Waals surface area contributed by atoms with Gasteiger partial charge in [-0.1, -0.05) is 0 Å². The molecule has 0 aliphatic rings. The molecule has 2 radical (unpaired) electrons. The monoisotopic (exact) mass is 256 g/mol. The van der Waals surface area contributed by atoms with Crippen molar-refractivity contribution in [2.24, 2.45) is 0 Å². The molecular formula is H2Fe2Na2S3. The third-order valence-electron chi connectivity index (χ3n) is 0. The van der Waals surface area contributed by atoms with Gasteiger partial charge in [-0.25, -0.2) is 0 Å². The van der Waals surface area contributed by atoms with E-state index in [-0.39, 0.29) is 134 Å². The van der Waals surface area contributed by atoms with E-state index < -0.39 is 0 Å². The van der Waals surface area contributed by atoms with Gasteiger partial charge in [0.15, 0.2) is 0 Å². The molecule has 0 bridgehead atoms. The Hall–Kier alpha value is 4.09. The Balaban J connectivity index is 0. The van der Waals surface area contributed by atoms with Gasteiger partial charge in [0.05, 0.1) is 0 Å². The molecule has 0 aromatic heterocycles. The minimum atomic E-state index is 0. The minimum Gasteiger partial charge on any atom is -2.00 e. The van der Waals surface area contributed by atoms with Crippen molar-refractivity contribution in [1.29, 1.82) is 0 Å². The van der Waals surface area contributed by atoms with E-state index in [4.69, 9.17) is 0 Å². The van der Waals surface area contributed by atoms with Crippen LogP contribution in [0.4, 0.5) is 0 Å². The Bertz CT molecular complexity index is 10.9. The molecule has 0 fully saturated rings. The quantitative estimate of drug-likeness (QED) is 0.472. The molecule has 7 heteroatoms. The Kier molecular flexibility index (Phi) is 481. The molecule has 0 aromatic rings. The molecule has 0 N–H and O–H groups in total. The summed E-state index contributed by atoms with van der Waals surface area (Å²) in [4.78, 5) is 0. The van der Waals surface area contributed by atoms with Gasteiger partial charge in [0.2, 0.25) is 0 Å². The molecular weight excluding hydrogens is 254 g/mol. The van der Waals surface area contributed by atoms with Crippen LogP contribution in [0, 0.1) is 0 Å². The fraction of sp³-hybridized carbons (Fsp3) is 0. The first-order valence-corrected chi connectivity index (χ1v) is 0. The van der Waals surface area contributed by atoms with Crippen molar-refractivity contribution in [3.8, 4) is 0 Å². The summed E-state index contributed by atoms with van der Waals surface area (Å²) in [5.41, 5.74) is 0. The van der Waals surface area contributed by atoms with Crippen molar-refractivity contribution >= 4 is 99.6 Å². The van der Waals surface area contributed by atoms with Crippen LogP contribution in [0.3, 0.4) is 0 Å². The maximum absolute atomic E-state index is 0. The van der Waals surface area contributed by atoms with Gasteiger partial charge in [-0.05, 0) is 0 Å². The van der Waals surface area contributed by atoms with Crippen LogP contribution in [0.1, 0.15) is 0 Å². The molecule has 0 amide bonds. The summed E-state index contributed by atoms with van der Waals surface area (Å²) >= 11 is 0. The third-order valence-corrected chi connectivity index (χ3v) is 0. The fourth-order valence-electron chi connectivity index (χ4n) is 0. The average Bonchev–Trinajstić information content (AvgIpc) is 0. The second-order valence-corrected chi connectivity index (χ2v) is 0. The van der Waals surface area contributed by atoms with E-state index in [2.05, 4.69) is 0 Å². The first-order valence-electron chi connectivity index (χ1n) is 0. The molecule has 0 aliphatic carbocycles. The summed E-state index contributed by atoms with van der Waals surface area (Å²) in [5.74, 6) is 0. The molecule has 0 aromatic carbocycles. The van der Waals surface area contributed by atoms with Gasteiger partial charge >= 0.3 is 93.3 Å². The zero-order valence-electron chi connectivity index (χ0n) is 1.93. The Morgan fingerprint density at radius 3 is 0.429 bits per heavy atom. The normalized spacial score (nSPS) is 0. The van der Waals surface area contributed by atoms with Crippen LogP contribution < -0.4 is 0 Å². The standard InChI is InChI=1S/2Fe.2Na.3S.2H/q2*+3;;;3*-2;;. The van der Waals surface area contributed by atoms with Crippen LogP contribution in [0.5, 0.6) is 0 Å². The summed E-state index contributed by atoms with van der Waals surface area (Å²) in [6.07, 6.45) is 0. The van der Waals surface area contributed by atoms with E-state index in [0.29, 0.717) is 0 Å². The van der Waals surface area contributed by atoms with Crippen molar-refractivity contribution in [2.45, 2.75) is 0 Å². The Morgan fingerprint density at radius 1 is 0.429 bits per heavy atom. The second-order valence-electron chi connectivity index (χ2n) is 0. The number of rotatable bonds is 0. The van der Waals surface area contributed by atoms with Crippen molar-refractivity contribution < 1.29 is 34.1 Å². The zero-order chi connectivity index (χ0) is 0. The average molecular weight is 256 g/mol. The van der Waals surface area contributed by atoms with Gasteiger partial charge in [0.1, 0.15) is 0 Å². The summed E-state index contributed by atoms with van der Waals surface area (Å²) in [6, 6.07) is 0. The van der Waals surface area contributed by atoms with Crippen LogP contribution in [-0.4, -0.2) is 59.1 Å². The van der Waals surface area contributed by atoms with Crippen LogP contribution >= 0.6 is 0 Å². The molecule has 0 saturated carbocycles. The molecule has 0 aliphatic heterocycles. The van der Waals surface area contributed by atoms with Crippen molar-refractivity contribution in [2.75, 3.05) is 0 Å². The maximum Gasteiger partial charge on any atom is -2.00 e. The molecule has 7 heavy (non-hydrogen) atoms. The molecule has 0 nitrogen and oxygen atoms in total. The molecule has 0 saturated heterocycles. The Labute approximate surface area is 131 Å². The van der Waals surface area contributed by atoms with Crippen molar-refractivity contribution in [1.82, 2.24) is 0 Å². The van der Waals surface area contributed by atoms with Crippen molar-refractivity contribution in [3.63, 3.8) is 0 Å². The largest absolute Gasteiger partial charge is 2.00 e. The smallest absolute Gasteiger partial charge is 2.00 e. The van der Waals surface area contributed by atoms with Gasteiger partial charge < -0.3 is 40.5 Å². The zero-order valence-corrected chi connectivity index (χ0v) is 6.59. The van der Waals surface area contributed by atoms with Gasteiger partial charge in [-0.2, -0.15) is 0 Å². The molecule has 0 rings (SSSR count). The van der Waals surface area contributed by atoms with Gasteiger partial charge in [0.25, 0.3) is 0 Å². The van der Waals surface area contributed by atoms with Gasteiger partial charge in [0, 0.05) is 0 Å². The summed E-state index contributed by atoms with van der Waals surface area (Å²) in [6.45, 7) is 0. The predicted octanol–water partition coefficient (Wildman–Crippen LogP) is -1.31. The van der Waals surface area contributed by atoms with E-state index in [1.54, 1.807) is 0 Å². The van der Waals surface area contributed by atoms with Crippen LogP contribution in [0.2, 0.25) is 0 Å². The summed E-state index contributed by atoms with van der Waals surface area (Å²) in [5, 5.41) is 0. The van der Waals surface area contributed by atoms with Crippen LogP contribution in [0.15, 0.2) is 0 Å². The van der Waals surface area contributed by atoms with E-state index in [1.165, 1.54) is 0 Å². The SMILES string of the molecule is [Fe+3].[Fe+3].[NaH].[NaH].[S-2].[S-2].[S-2]. The number of hydrogen-bond acceptors (Lipinski definition) is 0. The summed E-state index contributed by atoms with van der Waals surface area (Å²) in [7, 11) is 0. The number of hydrogen-bond donors (Lipinski definition) is 0. The van der Waals surface area contributed by atoms with E-state index >= 15 is 0 Å². The second kappa shape index (κ2) is 49.8. The summed E-state index contributed by atoms with van der Waals surface area (Å²) < 4.78 is 0. The maximum atomic E-state index is 0. The van der Waals surface area contributed by atoms with E-state index in [1.807, 2.05) is 0 Å². The molecule has 0 atom stereocenters. The van der Waals surface area contributed by atoms with Gasteiger partial charge in [-0.15, -0.1) is 0 Å². The van der Waals surface area contributed by atoms with Gasteiger partial charge in [-0.3, -0.25) is 0 Å². The first kappa shape index (κ1) is 67.5. The molecule has 38 valence electrons. The predicted molar refractivity (Wildman–Crippen MR) is 36.4 cm³/mol. The van der Waals surface area contributed by atoms with E-state index in [9.17, 15) is 0 Å².